The van der Waals surface area contributed by atoms with Crippen molar-refractivity contribution in [3.63, 3.8) is 0 Å². The summed E-state index contributed by atoms with van der Waals surface area (Å²) >= 11 is 0. The fourth-order valence-corrected chi connectivity index (χ4v) is 5.21. The van der Waals surface area contributed by atoms with E-state index in [9.17, 15) is 9.59 Å². The van der Waals surface area contributed by atoms with E-state index < -0.39 is 6.04 Å². The molecule has 1 unspecified atom stereocenters. The molecule has 0 aliphatic carbocycles. The van der Waals surface area contributed by atoms with E-state index in [1.807, 2.05) is 89.2 Å². The third-order valence-corrected chi connectivity index (χ3v) is 6.93. The van der Waals surface area contributed by atoms with Crippen LogP contribution in [0.5, 0.6) is 11.5 Å². The molecule has 2 heterocycles. The second-order valence-electron chi connectivity index (χ2n) is 9.94. The Morgan fingerprint density at radius 1 is 0.868 bits per heavy atom. The zero-order valence-electron chi connectivity index (χ0n) is 22.6. The van der Waals surface area contributed by atoms with Crippen molar-refractivity contribution in [1.29, 1.82) is 0 Å². The summed E-state index contributed by atoms with van der Waals surface area (Å²) in [5.41, 5.74) is 5.32. The molecule has 196 valence electrons. The van der Waals surface area contributed by atoms with Crippen molar-refractivity contribution in [3.05, 3.63) is 104 Å². The van der Waals surface area contributed by atoms with Crippen molar-refractivity contribution in [2.45, 2.75) is 53.6 Å². The van der Waals surface area contributed by atoms with E-state index in [-0.39, 0.29) is 17.1 Å². The summed E-state index contributed by atoms with van der Waals surface area (Å²) in [6, 6.07) is 16.9. The monoisotopic (exact) mass is 511 g/mol. The van der Waals surface area contributed by atoms with E-state index in [0.29, 0.717) is 47.8 Å². The number of fused-ring (bicyclic) bond motifs is 2. The van der Waals surface area contributed by atoms with Crippen LogP contribution < -0.4 is 14.9 Å². The third-order valence-electron chi connectivity index (χ3n) is 6.93. The predicted molar refractivity (Wildman–Crippen MR) is 148 cm³/mol. The lowest BCUT2D eigenvalue weighted by Crippen LogP contribution is -2.29. The highest BCUT2D eigenvalue weighted by atomic mass is 16.5. The zero-order valence-corrected chi connectivity index (χ0v) is 22.6. The number of nitrogens with zero attached hydrogens (tertiary/aromatic N) is 1. The largest absolute Gasteiger partial charge is 0.490 e. The smallest absolute Gasteiger partial charge is 0.291 e. The van der Waals surface area contributed by atoms with Crippen LogP contribution in [-0.2, 0) is 6.54 Å². The minimum atomic E-state index is -0.625. The fraction of sp³-hybridized carbons (Fsp3) is 0.312. The van der Waals surface area contributed by atoms with Crippen LogP contribution in [0.1, 0.15) is 70.2 Å². The highest BCUT2D eigenvalue weighted by Crippen LogP contribution is 2.42. The molecule has 1 aromatic heterocycles. The van der Waals surface area contributed by atoms with Crippen LogP contribution in [0, 0.1) is 20.8 Å². The number of carbonyl (C=O) groups is 1. The molecule has 1 aliphatic rings. The number of benzene rings is 3. The molecule has 0 saturated carbocycles. The normalized spacial score (nSPS) is 14.7. The van der Waals surface area contributed by atoms with Crippen molar-refractivity contribution in [1.82, 2.24) is 4.90 Å². The molecule has 6 heteroatoms. The van der Waals surface area contributed by atoms with Crippen molar-refractivity contribution in [2.24, 2.45) is 0 Å². The molecule has 0 saturated heterocycles. The maximum Gasteiger partial charge on any atom is 0.291 e. The van der Waals surface area contributed by atoms with Crippen LogP contribution in [0.25, 0.3) is 11.0 Å². The molecule has 1 aliphatic heterocycles. The van der Waals surface area contributed by atoms with Gasteiger partial charge in [0.15, 0.2) is 16.9 Å². The number of hydrogen-bond donors (Lipinski definition) is 0. The highest BCUT2D eigenvalue weighted by Gasteiger charge is 2.43. The summed E-state index contributed by atoms with van der Waals surface area (Å²) in [5.74, 6) is 1.04. The number of carbonyl (C=O) groups excluding carboxylic acids is 1. The first-order valence-electron chi connectivity index (χ1n) is 13.2. The summed E-state index contributed by atoms with van der Waals surface area (Å²) in [5, 5.41) is 0.511. The number of aryl methyl sites for hydroxylation is 3. The van der Waals surface area contributed by atoms with Gasteiger partial charge in [0, 0.05) is 6.54 Å². The van der Waals surface area contributed by atoms with Gasteiger partial charge in [-0.2, -0.15) is 0 Å². The van der Waals surface area contributed by atoms with Gasteiger partial charge in [-0.1, -0.05) is 48.9 Å². The molecule has 0 fully saturated rings. The topological polar surface area (TPSA) is 69.0 Å². The van der Waals surface area contributed by atoms with E-state index >= 15 is 0 Å². The number of hydrogen-bond acceptors (Lipinski definition) is 5. The quantitative estimate of drug-likeness (QED) is 0.265. The first-order chi connectivity index (χ1) is 18.3. The Morgan fingerprint density at radius 3 is 2.34 bits per heavy atom. The van der Waals surface area contributed by atoms with Gasteiger partial charge in [-0.3, -0.25) is 9.59 Å². The van der Waals surface area contributed by atoms with Crippen LogP contribution in [0.4, 0.5) is 0 Å². The zero-order chi connectivity index (χ0) is 27.0. The minimum absolute atomic E-state index is 0.105. The Balaban J connectivity index is 1.71. The van der Waals surface area contributed by atoms with Crippen molar-refractivity contribution in [2.75, 3.05) is 13.2 Å². The Hall–Kier alpha value is -4.06. The number of rotatable bonds is 8. The summed E-state index contributed by atoms with van der Waals surface area (Å²) in [6.45, 7) is 11.2. The Bertz CT molecular complexity index is 1570. The van der Waals surface area contributed by atoms with Gasteiger partial charge in [0.25, 0.3) is 5.91 Å². The first-order valence-corrected chi connectivity index (χ1v) is 13.2. The van der Waals surface area contributed by atoms with E-state index in [0.717, 1.165) is 34.2 Å². The van der Waals surface area contributed by atoms with E-state index in [4.69, 9.17) is 13.9 Å². The van der Waals surface area contributed by atoms with E-state index in [2.05, 4.69) is 0 Å². The molecule has 6 nitrogen and oxygen atoms in total. The van der Waals surface area contributed by atoms with Gasteiger partial charge in [0.1, 0.15) is 5.58 Å². The molecule has 38 heavy (non-hydrogen) atoms. The van der Waals surface area contributed by atoms with Gasteiger partial charge in [-0.05, 0) is 74.6 Å². The molecule has 1 amide bonds. The molecule has 0 N–H and O–H groups in total. The lowest BCUT2D eigenvalue weighted by Gasteiger charge is -2.26. The molecular weight excluding hydrogens is 478 g/mol. The van der Waals surface area contributed by atoms with Crippen LogP contribution in [0.15, 0.2) is 63.8 Å². The molecule has 1 atom stereocenters. The molecule has 0 spiro atoms. The number of ether oxygens (including phenoxy) is 2. The second kappa shape index (κ2) is 10.4. The van der Waals surface area contributed by atoms with Crippen molar-refractivity contribution < 1.29 is 18.7 Å². The Kier molecular flexibility index (Phi) is 6.98. The van der Waals surface area contributed by atoms with Crippen LogP contribution in [0.3, 0.4) is 0 Å². The SMILES string of the molecule is CCCOc1ccc(C2c3c(oc4cc(C)cc(C)c4c3=O)C(=O)N2Cc2ccc(C)cc2)cc1OCC. The predicted octanol–water partition coefficient (Wildman–Crippen LogP) is 6.65. The Labute approximate surface area is 222 Å². The van der Waals surface area contributed by atoms with Gasteiger partial charge in [0.2, 0.25) is 5.76 Å². The van der Waals surface area contributed by atoms with Crippen molar-refractivity contribution in [3.8, 4) is 11.5 Å². The molecule has 0 bridgehead atoms. The molecule has 0 radical (unpaired) electrons. The maximum absolute atomic E-state index is 14.0. The molecule has 3 aromatic carbocycles. The summed E-state index contributed by atoms with van der Waals surface area (Å²) in [7, 11) is 0. The average Bonchev–Trinajstić information content (AvgIpc) is 3.16. The van der Waals surface area contributed by atoms with Crippen LogP contribution >= 0.6 is 0 Å². The summed E-state index contributed by atoms with van der Waals surface area (Å²) < 4.78 is 18.0. The van der Waals surface area contributed by atoms with E-state index in [1.165, 1.54) is 0 Å². The van der Waals surface area contributed by atoms with Gasteiger partial charge < -0.3 is 18.8 Å². The van der Waals surface area contributed by atoms with Crippen LogP contribution in [-0.4, -0.2) is 24.0 Å². The van der Waals surface area contributed by atoms with Crippen molar-refractivity contribution >= 4 is 16.9 Å². The second-order valence-corrected chi connectivity index (χ2v) is 9.94. The van der Waals surface area contributed by atoms with E-state index in [1.54, 1.807) is 4.90 Å². The minimum Gasteiger partial charge on any atom is -0.490 e. The maximum atomic E-state index is 14.0. The van der Waals surface area contributed by atoms with Gasteiger partial charge in [0.05, 0.1) is 30.2 Å². The lowest BCUT2D eigenvalue weighted by molar-refractivity contribution is 0.0714. The van der Waals surface area contributed by atoms with Gasteiger partial charge in [-0.15, -0.1) is 0 Å². The Morgan fingerprint density at radius 2 is 1.63 bits per heavy atom. The highest BCUT2D eigenvalue weighted by molar-refractivity contribution is 5.99. The standard InChI is InChI=1S/C32H33NO5/c1-6-14-37-24-13-12-23(17-25(24)36-7-2)29-28-30(34)27-21(5)15-20(4)16-26(27)38-31(28)32(35)33(29)18-22-10-8-19(3)9-11-22/h8-13,15-17,29H,6-7,14,18H2,1-5H3. The van der Waals surface area contributed by atoms with Crippen LogP contribution in [0.2, 0.25) is 0 Å². The number of amides is 1. The van der Waals surface area contributed by atoms with Gasteiger partial charge in [-0.25, -0.2) is 0 Å². The molecule has 4 aromatic rings. The lowest BCUT2D eigenvalue weighted by atomic mass is 9.96. The summed E-state index contributed by atoms with van der Waals surface area (Å²) in [4.78, 5) is 29.6. The fourth-order valence-electron chi connectivity index (χ4n) is 5.21. The first kappa shape index (κ1) is 25.6. The third kappa shape index (κ3) is 4.55. The average molecular weight is 512 g/mol. The van der Waals surface area contributed by atoms with Gasteiger partial charge >= 0.3 is 0 Å². The molecular formula is C32H33NO5. The molecule has 5 rings (SSSR count). The summed E-state index contributed by atoms with van der Waals surface area (Å²) in [6.07, 6.45) is 0.870.